The molecule has 3 N–H and O–H groups in total. The van der Waals surface area contributed by atoms with Crippen molar-refractivity contribution in [2.75, 3.05) is 37.4 Å². The Kier molecular flexibility index (Phi) is 10.4. The van der Waals surface area contributed by atoms with Crippen molar-refractivity contribution in [1.82, 2.24) is 9.80 Å². The van der Waals surface area contributed by atoms with Crippen LogP contribution in [0.1, 0.15) is 30.5 Å². The summed E-state index contributed by atoms with van der Waals surface area (Å²) in [6.07, 6.45) is -4.80. The van der Waals surface area contributed by atoms with E-state index in [1.165, 1.54) is 12.1 Å². The van der Waals surface area contributed by atoms with Crippen LogP contribution in [0.4, 0.5) is 29.3 Å². The van der Waals surface area contributed by atoms with Crippen molar-refractivity contribution in [1.29, 1.82) is 0 Å². The van der Waals surface area contributed by atoms with Gasteiger partial charge in [-0.05, 0) is 61.3 Å². The molecule has 0 aliphatic carbocycles. The van der Waals surface area contributed by atoms with Crippen LogP contribution >= 0.6 is 0 Å². The molecule has 248 valence electrons. The molecule has 4 aromatic carbocycles. The molecule has 0 fully saturated rings. The number of amides is 3. The number of halogens is 3. The van der Waals surface area contributed by atoms with Crippen molar-refractivity contribution in [2.45, 2.75) is 45.1 Å². The maximum atomic E-state index is 13.6. The van der Waals surface area contributed by atoms with Gasteiger partial charge in [0.15, 0.2) is 0 Å². The summed E-state index contributed by atoms with van der Waals surface area (Å²) in [7, 11) is 1.86. The highest BCUT2D eigenvalue weighted by molar-refractivity contribution is 6.06. The highest BCUT2D eigenvalue weighted by Gasteiger charge is 2.32. The Morgan fingerprint density at radius 3 is 2.49 bits per heavy atom. The molecule has 5 rings (SSSR count). The monoisotopic (exact) mass is 648 g/mol. The Labute approximate surface area is 272 Å². The predicted octanol–water partition coefficient (Wildman–Crippen LogP) is 6.78. The van der Waals surface area contributed by atoms with E-state index in [2.05, 4.69) is 10.6 Å². The molecule has 0 aromatic heterocycles. The molecular weight excluding hydrogens is 609 g/mol. The molecule has 11 heteroatoms. The second kappa shape index (κ2) is 14.4. The van der Waals surface area contributed by atoms with Gasteiger partial charge in [-0.3, -0.25) is 9.69 Å². The Balaban J connectivity index is 1.35. The van der Waals surface area contributed by atoms with Crippen LogP contribution in [-0.2, 0) is 23.9 Å². The Hall–Kier alpha value is -4.61. The van der Waals surface area contributed by atoms with Gasteiger partial charge in [0.25, 0.3) is 0 Å². The minimum absolute atomic E-state index is 0.000961. The van der Waals surface area contributed by atoms with Crippen LogP contribution in [0.2, 0.25) is 0 Å². The zero-order chi connectivity index (χ0) is 33.7. The molecule has 0 saturated carbocycles. The van der Waals surface area contributed by atoms with E-state index >= 15 is 0 Å². The first-order chi connectivity index (χ1) is 22.4. The maximum Gasteiger partial charge on any atom is 0.416 e. The number of aliphatic hydroxyl groups is 1. The number of nitrogens with one attached hydrogen (secondary N) is 2. The van der Waals surface area contributed by atoms with E-state index in [-0.39, 0.29) is 24.9 Å². The molecule has 4 aromatic rings. The molecule has 3 atom stereocenters. The molecule has 0 unspecified atom stereocenters. The highest BCUT2D eigenvalue weighted by Crippen LogP contribution is 2.31. The fourth-order valence-corrected chi connectivity index (χ4v) is 5.83. The van der Waals surface area contributed by atoms with Crippen LogP contribution in [0.3, 0.4) is 0 Å². The lowest BCUT2D eigenvalue weighted by Gasteiger charge is -2.34. The molecule has 0 radical (unpaired) electrons. The third-order valence-electron chi connectivity index (χ3n) is 8.44. The number of urea groups is 1. The number of hydrogen-bond donors (Lipinski definition) is 3. The van der Waals surface area contributed by atoms with Gasteiger partial charge in [0, 0.05) is 42.2 Å². The fourth-order valence-electron chi connectivity index (χ4n) is 5.83. The van der Waals surface area contributed by atoms with Crippen LogP contribution < -0.4 is 15.4 Å². The molecule has 8 nitrogen and oxygen atoms in total. The van der Waals surface area contributed by atoms with Crippen molar-refractivity contribution in [3.8, 4) is 5.75 Å². The van der Waals surface area contributed by atoms with Gasteiger partial charge in [0.1, 0.15) is 11.9 Å². The summed E-state index contributed by atoms with van der Waals surface area (Å²) in [4.78, 5) is 30.2. The summed E-state index contributed by atoms with van der Waals surface area (Å²) in [5, 5.41) is 17.6. The number of rotatable bonds is 8. The molecule has 1 aliphatic rings. The van der Waals surface area contributed by atoms with E-state index in [9.17, 15) is 27.9 Å². The lowest BCUT2D eigenvalue weighted by atomic mass is 10.0. The molecule has 47 heavy (non-hydrogen) atoms. The number of anilines is 2. The Bertz CT molecular complexity index is 1710. The average Bonchev–Trinajstić information content (AvgIpc) is 3.08. The first kappa shape index (κ1) is 33.7. The summed E-state index contributed by atoms with van der Waals surface area (Å²) in [6, 6.07) is 22.8. The van der Waals surface area contributed by atoms with Gasteiger partial charge in [0.2, 0.25) is 5.91 Å². The molecule has 0 bridgehead atoms. The van der Waals surface area contributed by atoms with Gasteiger partial charge < -0.3 is 25.4 Å². The van der Waals surface area contributed by atoms with Crippen molar-refractivity contribution in [3.63, 3.8) is 0 Å². The summed E-state index contributed by atoms with van der Waals surface area (Å²) < 4.78 is 45.7. The number of likely N-dealkylation sites (N-methyl/N-ethyl adjacent to an activating group) is 1. The lowest BCUT2D eigenvalue weighted by molar-refractivity contribution is -0.137. The molecule has 0 saturated heterocycles. The number of aliphatic hydroxyl groups excluding tert-OH is 1. The van der Waals surface area contributed by atoms with Crippen LogP contribution in [0.25, 0.3) is 10.8 Å². The van der Waals surface area contributed by atoms with Gasteiger partial charge in [0.05, 0.1) is 30.3 Å². The molecule has 1 aliphatic heterocycles. The highest BCUT2D eigenvalue weighted by atomic mass is 19.4. The van der Waals surface area contributed by atoms with E-state index < -0.39 is 29.9 Å². The van der Waals surface area contributed by atoms with Crippen LogP contribution in [0.5, 0.6) is 5.75 Å². The van der Waals surface area contributed by atoms with Crippen molar-refractivity contribution >= 4 is 34.1 Å². The van der Waals surface area contributed by atoms with E-state index in [1.54, 1.807) is 30.0 Å². The number of fused-ring (bicyclic) bond motifs is 2. The minimum Gasteiger partial charge on any atom is -0.488 e. The van der Waals surface area contributed by atoms with Gasteiger partial charge in [-0.25, -0.2) is 4.79 Å². The number of carbonyl (C=O) groups excluding carboxylic acids is 2. The SMILES string of the molecule is C[C@H](CO)N1C[C@H](C)[C@H](CN(C)Cc2ccc(C(F)(F)F)cc2)Oc2ccc(NC(=O)Nc3cccc4ccccc34)cc2CC1=O. The van der Waals surface area contributed by atoms with Gasteiger partial charge in [-0.15, -0.1) is 0 Å². The zero-order valence-corrected chi connectivity index (χ0v) is 26.6. The third-order valence-corrected chi connectivity index (χ3v) is 8.44. The van der Waals surface area contributed by atoms with E-state index in [4.69, 9.17) is 4.74 Å². The summed E-state index contributed by atoms with van der Waals surface area (Å²) in [5.74, 6) is 0.161. The number of hydrogen-bond acceptors (Lipinski definition) is 5. The van der Waals surface area contributed by atoms with Crippen LogP contribution in [-0.4, -0.2) is 65.7 Å². The first-order valence-electron chi connectivity index (χ1n) is 15.5. The number of carbonyl (C=O) groups is 2. The summed E-state index contributed by atoms with van der Waals surface area (Å²) >= 11 is 0. The number of alkyl halides is 3. The molecule has 0 spiro atoms. The smallest absolute Gasteiger partial charge is 0.416 e. The second-order valence-corrected chi connectivity index (χ2v) is 12.2. The van der Waals surface area contributed by atoms with E-state index in [0.717, 1.165) is 28.5 Å². The number of benzene rings is 4. The summed E-state index contributed by atoms with van der Waals surface area (Å²) in [5.41, 5.74) is 1.74. The normalized spacial score (nSPS) is 17.7. The molecular formula is C36H39F3N4O4. The first-order valence-corrected chi connectivity index (χ1v) is 15.5. The standard InChI is InChI=1S/C36H39F3N4O4/c1-23-19-43(24(2)22-44)34(45)18-27-17-29(40-35(46)41-31-10-6-8-26-7-4-5-9-30(26)31)15-16-32(27)47-33(23)21-42(3)20-25-11-13-28(14-12-25)36(37,38)39/h4-17,23-24,33,44H,18-22H2,1-3H3,(H2,40,41,46)/t23-,24+,33-/m0/s1. The van der Waals surface area contributed by atoms with E-state index in [1.807, 2.05) is 61.3 Å². The predicted molar refractivity (Wildman–Crippen MR) is 176 cm³/mol. The minimum atomic E-state index is -4.40. The van der Waals surface area contributed by atoms with Gasteiger partial charge >= 0.3 is 12.2 Å². The zero-order valence-electron chi connectivity index (χ0n) is 26.6. The van der Waals surface area contributed by atoms with Gasteiger partial charge in [-0.2, -0.15) is 13.2 Å². The molecule has 3 amide bonds. The van der Waals surface area contributed by atoms with Crippen molar-refractivity contribution in [3.05, 3.63) is 102 Å². The van der Waals surface area contributed by atoms with Crippen LogP contribution in [0, 0.1) is 5.92 Å². The number of ether oxygens (including phenoxy) is 1. The third kappa shape index (κ3) is 8.41. The number of nitrogens with zero attached hydrogens (tertiary/aromatic N) is 2. The van der Waals surface area contributed by atoms with E-state index in [0.29, 0.717) is 42.3 Å². The molecule has 1 heterocycles. The van der Waals surface area contributed by atoms with Crippen LogP contribution in [0.15, 0.2) is 84.9 Å². The maximum absolute atomic E-state index is 13.6. The fraction of sp³-hybridized carbons (Fsp3) is 0.333. The Morgan fingerprint density at radius 1 is 1.04 bits per heavy atom. The topological polar surface area (TPSA) is 94.1 Å². The summed E-state index contributed by atoms with van der Waals surface area (Å²) in [6.45, 7) is 4.70. The van der Waals surface area contributed by atoms with Crippen molar-refractivity contribution < 1.29 is 32.6 Å². The second-order valence-electron chi connectivity index (χ2n) is 12.2. The lowest BCUT2D eigenvalue weighted by Crippen LogP contribution is -2.47. The van der Waals surface area contributed by atoms with Crippen molar-refractivity contribution in [2.24, 2.45) is 5.92 Å². The van der Waals surface area contributed by atoms with Gasteiger partial charge in [-0.1, -0.05) is 55.5 Å². The largest absolute Gasteiger partial charge is 0.488 e. The quantitative estimate of drug-likeness (QED) is 0.196. The average molecular weight is 649 g/mol. The Morgan fingerprint density at radius 2 is 1.77 bits per heavy atom.